The number of halogens is 3. The van der Waals surface area contributed by atoms with Gasteiger partial charge in [0.1, 0.15) is 12.6 Å². The molecule has 116 valence electrons. The minimum absolute atomic E-state index is 0.592. The Morgan fingerprint density at radius 1 is 1.24 bits per heavy atom. The number of alkyl halides is 3. The molecular weight excluding hydrogens is 301 g/mol. The smallest absolute Gasteiger partial charge is 0.345 e. The maximum atomic E-state index is 12.3. The molecule has 0 radical (unpaired) electrons. The van der Waals surface area contributed by atoms with E-state index in [9.17, 15) is 18.0 Å². The molecule has 1 aliphatic heterocycles. The van der Waals surface area contributed by atoms with E-state index in [0.29, 0.717) is 13.1 Å². The van der Waals surface area contributed by atoms with Gasteiger partial charge < -0.3 is 5.32 Å². The molecule has 1 saturated heterocycles. The van der Waals surface area contributed by atoms with Gasteiger partial charge in [-0.05, 0) is 5.56 Å². The van der Waals surface area contributed by atoms with Crippen LogP contribution in [0.3, 0.4) is 0 Å². The Morgan fingerprint density at radius 3 is 2.43 bits per heavy atom. The number of nitrogens with one attached hydrogen (secondary N) is 1. The van der Waals surface area contributed by atoms with Crippen LogP contribution in [0.15, 0.2) is 30.3 Å². The molecule has 1 aliphatic rings. The third-order valence-electron chi connectivity index (χ3n) is 3.24. The maximum absolute atomic E-state index is 12.3. The molecule has 1 fully saturated rings. The van der Waals surface area contributed by atoms with E-state index in [4.69, 9.17) is 0 Å². The molecule has 1 aromatic carbocycles. The van der Waals surface area contributed by atoms with Gasteiger partial charge in [-0.25, -0.2) is 0 Å². The summed E-state index contributed by atoms with van der Waals surface area (Å²) >= 11 is 1.79. The number of hydrogen-bond acceptors (Lipinski definition) is 3. The van der Waals surface area contributed by atoms with Gasteiger partial charge in [0.25, 0.3) is 0 Å². The number of rotatable bonds is 4. The van der Waals surface area contributed by atoms with Crippen LogP contribution in [0.2, 0.25) is 0 Å². The van der Waals surface area contributed by atoms with E-state index >= 15 is 0 Å². The van der Waals surface area contributed by atoms with Crippen LogP contribution >= 0.6 is 11.8 Å². The first kappa shape index (κ1) is 16.2. The fourth-order valence-electron chi connectivity index (χ4n) is 2.28. The fraction of sp³-hybridized carbons (Fsp3) is 0.500. The van der Waals surface area contributed by atoms with E-state index in [1.807, 2.05) is 16.3 Å². The summed E-state index contributed by atoms with van der Waals surface area (Å²) in [6.07, 6.45) is -4.39. The molecule has 1 heterocycles. The molecule has 0 saturated carbocycles. The van der Waals surface area contributed by atoms with Gasteiger partial charge in [-0.15, -0.1) is 0 Å². The van der Waals surface area contributed by atoms with Crippen LogP contribution in [0, 0.1) is 0 Å². The topological polar surface area (TPSA) is 32.3 Å². The van der Waals surface area contributed by atoms with E-state index in [2.05, 4.69) is 0 Å². The third kappa shape index (κ3) is 4.93. The summed E-state index contributed by atoms with van der Waals surface area (Å²) in [4.78, 5) is 14.2. The number of carbonyl (C=O) groups excluding carboxylic acids is 1. The lowest BCUT2D eigenvalue weighted by Gasteiger charge is -2.33. The predicted octanol–water partition coefficient (Wildman–Crippen LogP) is 2.46. The molecule has 1 N–H and O–H groups in total. The number of amides is 1. The SMILES string of the molecule is O=C(NCC(F)(F)F)[C@@H](c1ccccc1)N1CCSCC1. The van der Waals surface area contributed by atoms with E-state index in [0.717, 1.165) is 17.1 Å². The van der Waals surface area contributed by atoms with Gasteiger partial charge in [0.2, 0.25) is 5.91 Å². The second kappa shape index (κ2) is 7.17. The molecule has 1 aromatic rings. The Labute approximate surface area is 125 Å². The Kier molecular flexibility index (Phi) is 5.52. The summed E-state index contributed by atoms with van der Waals surface area (Å²) in [7, 11) is 0. The van der Waals surface area contributed by atoms with Gasteiger partial charge in [-0.1, -0.05) is 30.3 Å². The zero-order valence-electron chi connectivity index (χ0n) is 11.4. The van der Waals surface area contributed by atoms with Gasteiger partial charge in [0, 0.05) is 24.6 Å². The highest BCUT2D eigenvalue weighted by molar-refractivity contribution is 7.99. The number of hydrogen-bond donors (Lipinski definition) is 1. The quantitative estimate of drug-likeness (QED) is 0.925. The van der Waals surface area contributed by atoms with Crippen molar-refractivity contribution < 1.29 is 18.0 Å². The van der Waals surface area contributed by atoms with Crippen molar-refractivity contribution in [2.75, 3.05) is 31.1 Å². The van der Waals surface area contributed by atoms with Gasteiger partial charge in [0.05, 0.1) is 0 Å². The first-order valence-corrected chi connectivity index (χ1v) is 7.84. The van der Waals surface area contributed by atoms with E-state index in [1.165, 1.54) is 0 Å². The van der Waals surface area contributed by atoms with E-state index < -0.39 is 24.7 Å². The monoisotopic (exact) mass is 318 g/mol. The third-order valence-corrected chi connectivity index (χ3v) is 4.18. The van der Waals surface area contributed by atoms with Gasteiger partial charge in [0.15, 0.2) is 0 Å². The van der Waals surface area contributed by atoms with Crippen molar-refractivity contribution in [3.63, 3.8) is 0 Å². The molecule has 0 spiro atoms. The average Bonchev–Trinajstić information content (AvgIpc) is 2.47. The number of thioether (sulfide) groups is 1. The van der Waals surface area contributed by atoms with Crippen molar-refractivity contribution in [2.24, 2.45) is 0 Å². The zero-order valence-corrected chi connectivity index (χ0v) is 12.2. The van der Waals surface area contributed by atoms with Gasteiger partial charge in [-0.2, -0.15) is 24.9 Å². The zero-order chi connectivity index (χ0) is 15.3. The second-order valence-electron chi connectivity index (χ2n) is 4.79. The lowest BCUT2D eigenvalue weighted by Crippen LogP contribution is -2.46. The van der Waals surface area contributed by atoms with Crippen LogP contribution in [-0.2, 0) is 4.79 Å². The summed E-state index contributed by atoms with van der Waals surface area (Å²) in [5.74, 6) is 1.18. The van der Waals surface area contributed by atoms with Crippen LogP contribution < -0.4 is 5.32 Å². The highest BCUT2D eigenvalue weighted by atomic mass is 32.2. The van der Waals surface area contributed by atoms with Crippen LogP contribution in [0.5, 0.6) is 0 Å². The van der Waals surface area contributed by atoms with E-state index in [1.54, 1.807) is 36.0 Å². The molecule has 21 heavy (non-hydrogen) atoms. The molecule has 0 aromatic heterocycles. The highest BCUT2D eigenvalue weighted by Crippen LogP contribution is 2.25. The molecule has 1 amide bonds. The Balaban J connectivity index is 2.13. The van der Waals surface area contributed by atoms with Crippen molar-refractivity contribution >= 4 is 17.7 Å². The van der Waals surface area contributed by atoms with Crippen LogP contribution in [0.4, 0.5) is 13.2 Å². The van der Waals surface area contributed by atoms with Crippen molar-refractivity contribution in [2.45, 2.75) is 12.2 Å². The number of benzene rings is 1. The predicted molar refractivity (Wildman–Crippen MR) is 77.1 cm³/mol. The highest BCUT2D eigenvalue weighted by Gasteiger charge is 2.33. The fourth-order valence-corrected chi connectivity index (χ4v) is 3.21. The van der Waals surface area contributed by atoms with Crippen molar-refractivity contribution in [1.29, 1.82) is 0 Å². The molecule has 0 bridgehead atoms. The summed E-state index contributed by atoms with van der Waals surface area (Å²) in [5.41, 5.74) is 0.726. The number of carbonyl (C=O) groups is 1. The van der Waals surface area contributed by atoms with Gasteiger partial charge >= 0.3 is 6.18 Å². The van der Waals surface area contributed by atoms with Crippen molar-refractivity contribution in [3.05, 3.63) is 35.9 Å². The van der Waals surface area contributed by atoms with Crippen LogP contribution in [0.25, 0.3) is 0 Å². The standard InChI is InChI=1S/C14H17F3N2OS/c15-14(16,17)10-18-13(20)12(11-4-2-1-3-5-11)19-6-8-21-9-7-19/h1-5,12H,6-10H2,(H,18,20)/t12-/m1/s1. The average molecular weight is 318 g/mol. The second-order valence-corrected chi connectivity index (χ2v) is 6.02. The molecule has 3 nitrogen and oxygen atoms in total. The van der Waals surface area contributed by atoms with E-state index in [-0.39, 0.29) is 0 Å². The lowest BCUT2D eigenvalue weighted by atomic mass is 10.0. The minimum atomic E-state index is -4.39. The largest absolute Gasteiger partial charge is 0.405 e. The first-order valence-electron chi connectivity index (χ1n) is 6.68. The summed E-state index contributed by atoms with van der Waals surface area (Å²) in [5, 5.41) is 2.01. The van der Waals surface area contributed by atoms with Crippen molar-refractivity contribution in [3.8, 4) is 0 Å². The van der Waals surface area contributed by atoms with Crippen LogP contribution in [-0.4, -0.2) is 48.1 Å². The molecule has 7 heteroatoms. The first-order chi connectivity index (χ1) is 9.97. The molecule has 0 unspecified atom stereocenters. The van der Waals surface area contributed by atoms with Crippen LogP contribution in [0.1, 0.15) is 11.6 Å². The number of nitrogens with zero attached hydrogens (tertiary/aromatic N) is 1. The van der Waals surface area contributed by atoms with Crippen molar-refractivity contribution in [1.82, 2.24) is 10.2 Å². The maximum Gasteiger partial charge on any atom is 0.405 e. The normalized spacial score (nSPS) is 18.2. The van der Waals surface area contributed by atoms with Gasteiger partial charge in [-0.3, -0.25) is 9.69 Å². The lowest BCUT2D eigenvalue weighted by molar-refractivity contribution is -0.141. The molecular formula is C14H17F3N2OS. The Bertz CT molecular complexity index is 461. The molecule has 1 atom stereocenters. The minimum Gasteiger partial charge on any atom is -0.345 e. The summed E-state index contributed by atoms with van der Waals surface area (Å²) in [6.45, 7) is 0.102. The Morgan fingerprint density at radius 2 is 1.86 bits per heavy atom. The molecule has 0 aliphatic carbocycles. The Hall–Kier alpha value is -1.21. The summed E-state index contributed by atoms with van der Waals surface area (Å²) in [6, 6.07) is 8.30. The summed E-state index contributed by atoms with van der Waals surface area (Å²) < 4.78 is 36.9. The molecule has 2 rings (SSSR count).